The van der Waals surface area contributed by atoms with E-state index in [0.29, 0.717) is 5.56 Å². The predicted octanol–water partition coefficient (Wildman–Crippen LogP) is 2.40. The van der Waals surface area contributed by atoms with Gasteiger partial charge in [0.05, 0.1) is 17.7 Å². The number of amides is 3. The lowest BCUT2D eigenvalue weighted by Gasteiger charge is -2.11. The van der Waals surface area contributed by atoms with Gasteiger partial charge in [0.15, 0.2) is 11.5 Å². The quantitative estimate of drug-likeness (QED) is 0.101. The molecule has 3 aromatic rings. The van der Waals surface area contributed by atoms with Gasteiger partial charge in [-0.05, 0) is 55.5 Å². The molecular formula is C25H21N5O8. The number of nitrogens with one attached hydrogen (secondary N) is 2. The van der Waals surface area contributed by atoms with E-state index in [2.05, 4.69) is 15.8 Å². The van der Waals surface area contributed by atoms with Crippen molar-refractivity contribution in [2.75, 3.05) is 12.4 Å². The standard InChI is InChI=1S/C25H21N5O8/c1-14(28-29-24(33)23(32)27-17-10-7-15(8-11-17)22(26)31)16-9-12-20(21(13-16)37-2)38-25(34)18-5-3-4-6-19(18)30(35)36/h3-13H,1-2H3,(H2,26,31)(H,27,32)(H,29,33)/b28-14+. The largest absolute Gasteiger partial charge is 0.493 e. The summed E-state index contributed by atoms with van der Waals surface area (Å²) in [7, 11) is 1.33. The second-order valence-electron chi connectivity index (χ2n) is 7.56. The Kier molecular flexibility index (Phi) is 8.46. The summed E-state index contributed by atoms with van der Waals surface area (Å²) in [6.45, 7) is 1.55. The number of anilines is 1. The number of esters is 1. The summed E-state index contributed by atoms with van der Waals surface area (Å²) in [5.74, 6) is -3.51. The Balaban J connectivity index is 1.68. The van der Waals surface area contributed by atoms with Gasteiger partial charge in [0, 0.05) is 22.9 Å². The second kappa shape index (κ2) is 11.9. The molecular weight excluding hydrogens is 498 g/mol. The lowest BCUT2D eigenvalue weighted by atomic mass is 10.1. The van der Waals surface area contributed by atoms with Crippen LogP contribution in [0.4, 0.5) is 11.4 Å². The Bertz CT molecular complexity index is 1450. The van der Waals surface area contributed by atoms with Crippen LogP contribution in [0.2, 0.25) is 0 Å². The maximum absolute atomic E-state index is 12.5. The summed E-state index contributed by atoms with van der Waals surface area (Å²) in [5, 5.41) is 17.4. The molecule has 0 aliphatic heterocycles. The molecule has 0 atom stereocenters. The molecule has 0 saturated carbocycles. The fourth-order valence-corrected chi connectivity index (χ4v) is 3.09. The van der Waals surface area contributed by atoms with Crippen LogP contribution in [0.3, 0.4) is 0 Å². The van der Waals surface area contributed by atoms with Gasteiger partial charge in [-0.25, -0.2) is 10.2 Å². The molecule has 13 heteroatoms. The summed E-state index contributed by atoms with van der Waals surface area (Å²) in [4.78, 5) is 58.4. The Morgan fingerprint density at radius 2 is 1.58 bits per heavy atom. The lowest BCUT2D eigenvalue weighted by Crippen LogP contribution is -2.33. The van der Waals surface area contributed by atoms with Crippen LogP contribution in [0.15, 0.2) is 71.8 Å². The number of nitrogens with zero attached hydrogens (tertiary/aromatic N) is 2. The van der Waals surface area contributed by atoms with E-state index in [9.17, 15) is 29.3 Å². The highest BCUT2D eigenvalue weighted by Crippen LogP contribution is 2.30. The molecule has 0 bridgehead atoms. The number of primary amides is 1. The first-order valence-corrected chi connectivity index (χ1v) is 10.8. The van der Waals surface area contributed by atoms with Crippen molar-refractivity contribution in [3.05, 3.63) is 93.5 Å². The molecule has 3 rings (SSSR count). The third-order valence-corrected chi connectivity index (χ3v) is 5.06. The van der Waals surface area contributed by atoms with Gasteiger partial charge in [-0.15, -0.1) is 0 Å². The van der Waals surface area contributed by atoms with Crippen LogP contribution in [0.1, 0.15) is 33.2 Å². The first-order chi connectivity index (χ1) is 18.1. The number of nitro benzene ring substituents is 1. The Hall–Kier alpha value is -5.59. The van der Waals surface area contributed by atoms with Crippen molar-refractivity contribution in [1.29, 1.82) is 0 Å². The number of ether oxygens (including phenoxy) is 2. The number of hydrogen-bond donors (Lipinski definition) is 3. The zero-order chi connectivity index (χ0) is 27.8. The van der Waals surface area contributed by atoms with E-state index in [1.54, 1.807) is 6.92 Å². The van der Waals surface area contributed by atoms with Crippen molar-refractivity contribution >= 4 is 40.8 Å². The fraction of sp³-hybridized carbons (Fsp3) is 0.0800. The van der Waals surface area contributed by atoms with Crippen molar-refractivity contribution in [2.45, 2.75) is 6.92 Å². The lowest BCUT2D eigenvalue weighted by molar-refractivity contribution is -0.385. The summed E-state index contributed by atoms with van der Waals surface area (Å²) < 4.78 is 10.6. The summed E-state index contributed by atoms with van der Waals surface area (Å²) in [5.41, 5.74) is 7.90. The number of nitrogens with two attached hydrogens (primary N) is 1. The molecule has 0 fully saturated rings. The topological polar surface area (TPSA) is 192 Å². The molecule has 0 heterocycles. The number of hydrogen-bond acceptors (Lipinski definition) is 9. The number of hydrazone groups is 1. The molecule has 0 aromatic heterocycles. The molecule has 3 aromatic carbocycles. The van der Waals surface area contributed by atoms with E-state index < -0.39 is 34.3 Å². The zero-order valence-electron chi connectivity index (χ0n) is 20.1. The fourth-order valence-electron chi connectivity index (χ4n) is 3.09. The number of benzene rings is 3. The molecule has 0 aliphatic rings. The Labute approximate surface area is 215 Å². The summed E-state index contributed by atoms with van der Waals surface area (Å²) in [6.07, 6.45) is 0. The maximum Gasteiger partial charge on any atom is 0.350 e. The first kappa shape index (κ1) is 27.0. The van der Waals surface area contributed by atoms with Crippen LogP contribution in [-0.4, -0.2) is 41.4 Å². The van der Waals surface area contributed by atoms with Crippen LogP contribution < -0.4 is 25.9 Å². The molecule has 38 heavy (non-hydrogen) atoms. The minimum Gasteiger partial charge on any atom is -0.493 e. The van der Waals surface area contributed by atoms with Gasteiger partial charge in [0.25, 0.3) is 5.69 Å². The van der Waals surface area contributed by atoms with E-state index in [1.165, 1.54) is 73.8 Å². The van der Waals surface area contributed by atoms with Crippen LogP contribution in [0, 0.1) is 10.1 Å². The Morgan fingerprint density at radius 3 is 2.21 bits per heavy atom. The summed E-state index contributed by atoms with van der Waals surface area (Å²) >= 11 is 0. The van der Waals surface area contributed by atoms with Gasteiger partial charge < -0.3 is 20.5 Å². The average Bonchev–Trinajstić information content (AvgIpc) is 2.91. The van der Waals surface area contributed by atoms with Gasteiger partial charge >= 0.3 is 17.8 Å². The molecule has 4 N–H and O–H groups in total. The molecule has 0 aliphatic carbocycles. The minimum atomic E-state index is -1.05. The van der Waals surface area contributed by atoms with Crippen LogP contribution in [0.25, 0.3) is 0 Å². The third kappa shape index (κ3) is 6.54. The Morgan fingerprint density at radius 1 is 0.921 bits per heavy atom. The SMILES string of the molecule is COc1cc(/C(C)=N/NC(=O)C(=O)Nc2ccc(C(N)=O)cc2)ccc1OC(=O)c1ccccc1[N+](=O)[O-]. The van der Waals surface area contributed by atoms with E-state index in [0.717, 1.165) is 0 Å². The van der Waals surface area contributed by atoms with Crippen LogP contribution >= 0.6 is 0 Å². The van der Waals surface area contributed by atoms with Crippen molar-refractivity contribution in [3.8, 4) is 11.5 Å². The number of carbonyl (C=O) groups excluding carboxylic acids is 4. The van der Waals surface area contributed by atoms with Crippen LogP contribution in [0.5, 0.6) is 11.5 Å². The first-order valence-electron chi connectivity index (χ1n) is 10.8. The van der Waals surface area contributed by atoms with Crippen molar-refractivity contribution in [3.63, 3.8) is 0 Å². The number of nitro groups is 1. The van der Waals surface area contributed by atoms with Crippen molar-refractivity contribution < 1.29 is 33.6 Å². The van der Waals surface area contributed by atoms with E-state index in [1.807, 2.05) is 0 Å². The van der Waals surface area contributed by atoms with E-state index >= 15 is 0 Å². The van der Waals surface area contributed by atoms with Gasteiger partial charge in [-0.3, -0.25) is 24.5 Å². The molecule has 0 saturated heterocycles. The molecule has 194 valence electrons. The normalized spacial score (nSPS) is 10.7. The molecule has 0 radical (unpaired) electrons. The maximum atomic E-state index is 12.5. The monoisotopic (exact) mass is 519 g/mol. The highest BCUT2D eigenvalue weighted by Gasteiger charge is 2.22. The average molecular weight is 519 g/mol. The molecule has 13 nitrogen and oxygen atoms in total. The van der Waals surface area contributed by atoms with Gasteiger partial charge in [0.2, 0.25) is 5.91 Å². The van der Waals surface area contributed by atoms with Gasteiger partial charge in [-0.1, -0.05) is 12.1 Å². The zero-order valence-corrected chi connectivity index (χ0v) is 20.1. The number of carbonyl (C=O) groups is 4. The summed E-state index contributed by atoms with van der Waals surface area (Å²) in [6, 6.07) is 15.3. The number of rotatable bonds is 8. The van der Waals surface area contributed by atoms with Gasteiger partial charge in [-0.2, -0.15) is 5.10 Å². The van der Waals surface area contributed by atoms with Crippen LogP contribution in [-0.2, 0) is 9.59 Å². The highest BCUT2D eigenvalue weighted by molar-refractivity contribution is 6.39. The molecule has 0 unspecified atom stereocenters. The highest BCUT2D eigenvalue weighted by atomic mass is 16.6. The predicted molar refractivity (Wildman–Crippen MR) is 135 cm³/mol. The molecule has 0 spiro atoms. The third-order valence-electron chi connectivity index (χ3n) is 5.06. The molecule has 3 amide bonds. The second-order valence-corrected chi connectivity index (χ2v) is 7.56. The van der Waals surface area contributed by atoms with Crippen molar-refractivity contribution in [2.24, 2.45) is 10.8 Å². The number of para-hydroxylation sites is 1. The number of methoxy groups -OCH3 is 1. The smallest absolute Gasteiger partial charge is 0.350 e. The van der Waals surface area contributed by atoms with E-state index in [-0.39, 0.29) is 34.0 Å². The van der Waals surface area contributed by atoms with Crippen molar-refractivity contribution in [1.82, 2.24) is 5.43 Å². The minimum absolute atomic E-state index is 0.00188. The van der Waals surface area contributed by atoms with Gasteiger partial charge in [0.1, 0.15) is 5.56 Å². The van der Waals surface area contributed by atoms with E-state index in [4.69, 9.17) is 15.2 Å².